The van der Waals surface area contributed by atoms with E-state index in [1.807, 2.05) is 30.3 Å². The standard InChI is InChI=1S/C23H22Cl2N2S/c1-16-8-11-22(17(2)12-16)26-23(28)27(14-18-6-4-3-5-7-18)15-19-13-20(24)9-10-21(19)25/h3-13H,14-15H2,1-2H3,(H,26,28). The SMILES string of the molecule is Cc1ccc(NC(=S)N(Cc2ccccc2)Cc2cc(Cl)ccc2Cl)c(C)c1. The largest absolute Gasteiger partial charge is 0.340 e. The zero-order valence-corrected chi connectivity index (χ0v) is 18.2. The van der Waals surface area contributed by atoms with E-state index in [9.17, 15) is 0 Å². The Morgan fingerprint density at radius 3 is 2.39 bits per heavy atom. The van der Waals surface area contributed by atoms with Crippen LogP contribution in [0, 0.1) is 13.8 Å². The second kappa shape index (κ2) is 9.42. The van der Waals surface area contributed by atoms with Crippen LogP contribution >= 0.6 is 35.4 Å². The quantitative estimate of drug-likeness (QED) is 0.439. The fourth-order valence-electron chi connectivity index (χ4n) is 3.02. The molecular formula is C23H22Cl2N2S. The Labute approximate surface area is 182 Å². The summed E-state index contributed by atoms with van der Waals surface area (Å²) in [6.07, 6.45) is 0. The van der Waals surface area contributed by atoms with Crippen molar-refractivity contribution in [2.75, 3.05) is 5.32 Å². The second-order valence-electron chi connectivity index (χ2n) is 6.83. The number of thiocarbonyl (C=S) groups is 1. The fraction of sp³-hybridized carbons (Fsp3) is 0.174. The van der Waals surface area contributed by atoms with Gasteiger partial charge in [0, 0.05) is 28.8 Å². The molecule has 0 aliphatic rings. The summed E-state index contributed by atoms with van der Waals surface area (Å²) in [5.74, 6) is 0. The van der Waals surface area contributed by atoms with Crippen LogP contribution < -0.4 is 5.32 Å². The van der Waals surface area contributed by atoms with Gasteiger partial charge in [-0.15, -0.1) is 0 Å². The average molecular weight is 429 g/mol. The first-order valence-corrected chi connectivity index (χ1v) is 10.2. The molecule has 0 aliphatic heterocycles. The van der Waals surface area contributed by atoms with Gasteiger partial charge in [-0.1, -0.05) is 71.2 Å². The number of aryl methyl sites for hydroxylation is 2. The predicted octanol–water partition coefficient (Wildman–Crippen LogP) is 7.01. The molecule has 0 bridgehead atoms. The van der Waals surface area contributed by atoms with Crippen LogP contribution in [-0.2, 0) is 13.1 Å². The Hall–Kier alpha value is -2.07. The molecule has 0 unspecified atom stereocenters. The molecule has 0 atom stereocenters. The minimum absolute atomic E-state index is 0.561. The highest BCUT2D eigenvalue weighted by molar-refractivity contribution is 7.80. The summed E-state index contributed by atoms with van der Waals surface area (Å²) in [5.41, 5.74) is 5.50. The van der Waals surface area contributed by atoms with Crippen molar-refractivity contribution in [2.45, 2.75) is 26.9 Å². The van der Waals surface area contributed by atoms with Gasteiger partial charge in [-0.25, -0.2) is 0 Å². The summed E-state index contributed by atoms with van der Waals surface area (Å²) in [7, 11) is 0. The first kappa shape index (κ1) is 20.7. The molecule has 0 aromatic heterocycles. The molecule has 2 nitrogen and oxygen atoms in total. The topological polar surface area (TPSA) is 15.3 Å². The molecule has 144 valence electrons. The first-order chi connectivity index (χ1) is 13.4. The summed E-state index contributed by atoms with van der Waals surface area (Å²) in [4.78, 5) is 2.10. The third kappa shape index (κ3) is 5.48. The van der Waals surface area contributed by atoms with Gasteiger partial charge in [0.1, 0.15) is 0 Å². The lowest BCUT2D eigenvalue weighted by molar-refractivity contribution is 0.413. The van der Waals surface area contributed by atoms with Crippen molar-refractivity contribution < 1.29 is 0 Å². The van der Waals surface area contributed by atoms with Crippen molar-refractivity contribution >= 4 is 46.2 Å². The number of rotatable bonds is 5. The van der Waals surface area contributed by atoms with Gasteiger partial charge in [0.2, 0.25) is 0 Å². The monoisotopic (exact) mass is 428 g/mol. The van der Waals surface area contributed by atoms with E-state index < -0.39 is 0 Å². The summed E-state index contributed by atoms with van der Waals surface area (Å²) in [6.45, 7) is 5.39. The molecule has 0 heterocycles. The Bertz CT molecular complexity index is 974. The van der Waals surface area contributed by atoms with E-state index in [0.29, 0.717) is 28.2 Å². The third-order valence-corrected chi connectivity index (χ3v) is 5.46. The highest BCUT2D eigenvalue weighted by Crippen LogP contribution is 2.24. The van der Waals surface area contributed by atoms with Crippen molar-refractivity contribution in [3.63, 3.8) is 0 Å². The van der Waals surface area contributed by atoms with Crippen LogP contribution in [0.3, 0.4) is 0 Å². The molecule has 3 aromatic carbocycles. The Morgan fingerprint density at radius 1 is 0.929 bits per heavy atom. The molecule has 28 heavy (non-hydrogen) atoms. The van der Waals surface area contributed by atoms with Crippen LogP contribution in [0.15, 0.2) is 66.7 Å². The van der Waals surface area contributed by atoms with Crippen molar-refractivity contribution in [2.24, 2.45) is 0 Å². The third-order valence-electron chi connectivity index (χ3n) is 4.50. The van der Waals surface area contributed by atoms with Crippen molar-refractivity contribution in [1.29, 1.82) is 0 Å². The maximum Gasteiger partial charge on any atom is 0.174 e. The molecule has 0 spiro atoms. The van der Waals surface area contributed by atoms with E-state index in [1.54, 1.807) is 6.07 Å². The van der Waals surface area contributed by atoms with Crippen molar-refractivity contribution in [1.82, 2.24) is 4.90 Å². The smallest absolute Gasteiger partial charge is 0.174 e. The van der Waals surface area contributed by atoms with Gasteiger partial charge < -0.3 is 10.2 Å². The maximum absolute atomic E-state index is 6.40. The van der Waals surface area contributed by atoms with Gasteiger partial charge in [0.25, 0.3) is 0 Å². The lowest BCUT2D eigenvalue weighted by Crippen LogP contribution is -2.34. The number of halogens is 2. The van der Waals surface area contributed by atoms with E-state index in [2.05, 4.69) is 54.4 Å². The highest BCUT2D eigenvalue weighted by Gasteiger charge is 2.14. The zero-order valence-electron chi connectivity index (χ0n) is 15.9. The Morgan fingerprint density at radius 2 is 1.68 bits per heavy atom. The first-order valence-electron chi connectivity index (χ1n) is 9.03. The average Bonchev–Trinajstić information content (AvgIpc) is 2.67. The molecule has 5 heteroatoms. The number of benzene rings is 3. The zero-order chi connectivity index (χ0) is 20.1. The van der Waals surface area contributed by atoms with Crippen LogP contribution in [0.1, 0.15) is 22.3 Å². The molecule has 0 saturated carbocycles. The molecule has 3 rings (SSSR count). The number of anilines is 1. The lowest BCUT2D eigenvalue weighted by atomic mass is 10.1. The molecule has 3 aromatic rings. The van der Waals surface area contributed by atoms with Crippen molar-refractivity contribution in [3.05, 3.63) is 99.0 Å². The number of hydrogen-bond donors (Lipinski definition) is 1. The molecule has 0 radical (unpaired) electrons. The Balaban J connectivity index is 1.86. The van der Waals surface area contributed by atoms with Gasteiger partial charge in [0.05, 0.1) is 0 Å². The molecule has 0 aliphatic carbocycles. The molecular weight excluding hydrogens is 407 g/mol. The van der Waals surface area contributed by atoms with Gasteiger partial charge >= 0.3 is 0 Å². The molecule has 0 saturated heterocycles. The van der Waals surface area contributed by atoms with Crippen LogP contribution in [-0.4, -0.2) is 10.0 Å². The van der Waals surface area contributed by atoms with Crippen molar-refractivity contribution in [3.8, 4) is 0 Å². The predicted molar refractivity (Wildman–Crippen MR) is 124 cm³/mol. The van der Waals surface area contributed by atoms with Crippen LogP contribution in [0.25, 0.3) is 0 Å². The van der Waals surface area contributed by atoms with E-state index in [1.165, 1.54) is 11.1 Å². The molecule has 1 N–H and O–H groups in total. The summed E-state index contributed by atoms with van der Waals surface area (Å²) < 4.78 is 0. The second-order valence-corrected chi connectivity index (χ2v) is 8.06. The van der Waals surface area contributed by atoms with Gasteiger partial charge in [-0.3, -0.25) is 0 Å². The number of hydrogen-bond acceptors (Lipinski definition) is 1. The number of nitrogens with one attached hydrogen (secondary N) is 1. The minimum atomic E-state index is 0.561. The molecule has 0 fully saturated rings. The summed E-state index contributed by atoms with van der Waals surface area (Å²) in [5, 5.41) is 5.38. The van der Waals surface area contributed by atoms with Gasteiger partial charge in [0.15, 0.2) is 5.11 Å². The maximum atomic E-state index is 6.40. The van der Waals surface area contributed by atoms with Crippen LogP contribution in [0.5, 0.6) is 0 Å². The van der Waals surface area contributed by atoms with Gasteiger partial charge in [-0.05, 0) is 67.0 Å². The van der Waals surface area contributed by atoms with E-state index in [-0.39, 0.29) is 0 Å². The van der Waals surface area contributed by atoms with Gasteiger partial charge in [-0.2, -0.15) is 0 Å². The van der Waals surface area contributed by atoms with E-state index in [0.717, 1.165) is 16.8 Å². The number of nitrogens with zero attached hydrogens (tertiary/aromatic N) is 1. The fourth-order valence-corrected chi connectivity index (χ4v) is 3.63. The van der Waals surface area contributed by atoms with E-state index >= 15 is 0 Å². The minimum Gasteiger partial charge on any atom is -0.340 e. The van der Waals surface area contributed by atoms with E-state index in [4.69, 9.17) is 35.4 Å². The summed E-state index contributed by atoms with van der Waals surface area (Å²) >= 11 is 18.3. The van der Waals surface area contributed by atoms with Crippen LogP contribution in [0.2, 0.25) is 10.0 Å². The van der Waals surface area contributed by atoms with Crippen LogP contribution in [0.4, 0.5) is 5.69 Å². The Kier molecular flexibility index (Phi) is 6.95. The summed E-state index contributed by atoms with van der Waals surface area (Å²) in [6, 6.07) is 22.0. The lowest BCUT2D eigenvalue weighted by Gasteiger charge is -2.27. The molecule has 0 amide bonds. The highest BCUT2D eigenvalue weighted by atomic mass is 35.5. The normalized spacial score (nSPS) is 10.6.